The van der Waals surface area contributed by atoms with Gasteiger partial charge < -0.3 is 24.8 Å². The van der Waals surface area contributed by atoms with Crippen LogP contribution < -0.4 is 0 Å². The molecule has 0 saturated carbocycles. The first-order valence-corrected chi connectivity index (χ1v) is 10.7. The molecule has 1 aliphatic heterocycles. The zero-order valence-electron chi connectivity index (χ0n) is 16.9. The van der Waals surface area contributed by atoms with Crippen LogP contribution in [-0.2, 0) is 15.1 Å². The standard InChI is InChI=1S/C25H26O5S/c26-21-20(30-24(31)23(28)22(21)27)16-29-25(17-10-4-1-5-11-17,18-12-6-2-7-13-18)19-14-8-3-9-15-19/h1-15,20-24,26-28,31H,16H2/t20-,21-,22+,23-,24-/m1/s1. The molecule has 162 valence electrons. The SMILES string of the molecule is O[C@@H]1[C@@H](O)[C@@H](S)O[C@H](COC(c2ccccc2)(c2ccccc2)c2ccccc2)[C@H]1O. The van der Waals surface area contributed by atoms with E-state index in [-0.39, 0.29) is 6.61 Å². The van der Waals surface area contributed by atoms with Crippen LogP contribution in [0.5, 0.6) is 0 Å². The Kier molecular flexibility index (Phi) is 6.77. The fourth-order valence-corrected chi connectivity index (χ4v) is 4.38. The van der Waals surface area contributed by atoms with Crippen LogP contribution in [0.15, 0.2) is 91.0 Å². The second kappa shape index (κ2) is 9.53. The fourth-order valence-electron chi connectivity index (χ4n) is 4.04. The molecule has 1 aliphatic rings. The number of rotatable bonds is 6. The molecule has 0 aliphatic carbocycles. The van der Waals surface area contributed by atoms with Gasteiger partial charge in [-0.1, -0.05) is 91.0 Å². The van der Waals surface area contributed by atoms with Gasteiger partial charge in [-0.05, 0) is 16.7 Å². The predicted octanol–water partition coefficient (Wildman–Crippen LogP) is 2.73. The Morgan fingerprint density at radius 1 is 0.677 bits per heavy atom. The summed E-state index contributed by atoms with van der Waals surface area (Å²) in [5.41, 5.74) is 0.855. The molecule has 0 bridgehead atoms. The average Bonchev–Trinajstić information content (AvgIpc) is 2.83. The lowest BCUT2D eigenvalue weighted by Crippen LogP contribution is -2.57. The first-order chi connectivity index (χ1) is 15.0. The highest BCUT2D eigenvalue weighted by Crippen LogP contribution is 2.41. The number of aliphatic hydroxyl groups excluding tert-OH is 3. The number of aliphatic hydroxyl groups is 3. The molecule has 0 amide bonds. The third-order valence-electron chi connectivity index (χ3n) is 5.69. The van der Waals surface area contributed by atoms with Gasteiger partial charge in [0.25, 0.3) is 0 Å². The van der Waals surface area contributed by atoms with Crippen molar-refractivity contribution in [3.8, 4) is 0 Å². The number of ether oxygens (including phenoxy) is 2. The summed E-state index contributed by atoms with van der Waals surface area (Å²) in [4.78, 5) is 0. The molecule has 3 N–H and O–H groups in total. The Morgan fingerprint density at radius 3 is 1.52 bits per heavy atom. The average molecular weight is 439 g/mol. The molecular formula is C25H26O5S. The summed E-state index contributed by atoms with van der Waals surface area (Å²) in [5, 5.41) is 30.6. The molecule has 5 atom stereocenters. The van der Waals surface area contributed by atoms with Gasteiger partial charge in [0.05, 0.1) is 6.61 Å². The van der Waals surface area contributed by atoms with E-state index in [1.807, 2.05) is 91.0 Å². The summed E-state index contributed by atoms with van der Waals surface area (Å²) in [6.45, 7) is -0.0271. The van der Waals surface area contributed by atoms with E-state index >= 15 is 0 Å². The Labute approximate surface area is 187 Å². The van der Waals surface area contributed by atoms with Gasteiger partial charge in [-0.3, -0.25) is 0 Å². The van der Waals surface area contributed by atoms with Crippen molar-refractivity contribution in [2.45, 2.75) is 35.5 Å². The van der Waals surface area contributed by atoms with Crippen molar-refractivity contribution >= 4 is 12.6 Å². The van der Waals surface area contributed by atoms with E-state index in [4.69, 9.17) is 9.47 Å². The third kappa shape index (κ3) is 4.28. The highest BCUT2D eigenvalue weighted by Gasteiger charge is 2.45. The van der Waals surface area contributed by atoms with Gasteiger partial charge in [0.15, 0.2) is 0 Å². The zero-order chi connectivity index (χ0) is 21.8. The zero-order valence-corrected chi connectivity index (χ0v) is 17.8. The van der Waals surface area contributed by atoms with Gasteiger partial charge in [-0.15, -0.1) is 12.6 Å². The Bertz CT molecular complexity index is 857. The fraction of sp³-hybridized carbons (Fsp3) is 0.280. The maximum atomic E-state index is 10.5. The van der Waals surface area contributed by atoms with Crippen LogP contribution in [0, 0.1) is 0 Å². The molecule has 5 nitrogen and oxygen atoms in total. The molecular weight excluding hydrogens is 412 g/mol. The molecule has 1 fully saturated rings. The molecule has 6 heteroatoms. The molecule has 1 heterocycles. The summed E-state index contributed by atoms with van der Waals surface area (Å²) in [7, 11) is 0. The summed E-state index contributed by atoms with van der Waals surface area (Å²) in [5.74, 6) is 0. The predicted molar refractivity (Wildman–Crippen MR) is 121 cm³/mol. The van der Waals surface area contributed by atoms with E-state index < -0.39 is 35.5 Å². The molecule has 0 spiro atoms. The van der Waals surface area contributed by atoms with E-state index in [2.05, 4.69) is 12.6 Å². The van der Waals surface area contributed by atoms with Crippen molar-refractivity contribution < 1.29 is 24.8 Å². The molecule has 31 heavy (non-hydrogen) atoms. The minimum Gasteiger partial charge on any atom is -0.387 e. The Morgan fingerprint density at radius 2 is 1.10 bits per heavy atom. The van der Waals surface area contributed by atoms with Crippen molar-refractivity contribution in [2.75, 3.05) is 6.61 Å². The van der Waals surface area contributed by atoms with Crippen molar-refractivity contribution in [3.63, 3.8) is 0 Å². The summed E-state index contributed by atoms with van der Waals surface area (Å²) < 4.78 is 12.3. The summed E-state index contributed by atoms with van der Waals surface area (Å²) in [6, 6.07) is 29.5. The Hall–Kier alpha value is -2.19. The second-order valence-corrected chi connectivity index (χ2v) is 8.14. The first-order valence-electron chi connectivity index (χ1n) is 10.2. The quantitative estimate of drug-likeness (QED) is 0.352. The van der Waals surface area contributed by atoms with E-state index in [1.165, 1.54) is 0 Å². The Balaban J connectivity index is 1.78. The van der Waals surface area contributed by atoms with Gasteiger partial charge in [0, 0.05) is 0 Å². The lowest BCUT2D eigenvalue weighted by molar-refractivity contribution is -0.215. The van der Waals surface area contributed by atoms with Crippen molar-refractivity contribution in [1.82, 2.24) is 0 Å². The van der Waals surface area contributed by atoms with Crippen molar-refractivity contribution in [1.29, 1.82) is 0 Å². The molecule has 3 aromatic carbocycles. The van der Waals surface area contributed by atoms with Crippen LogP contribution in [0.2, 0.25) is 0 Å². The number of hydrogen-bond donors (Lipinski definition) is 4. The van der Waals surface area contributed by atoms with E-state index in [0.29, 0.717) is 0 Å². The lowest BCUT2D eigenvalue weighted by Gasteiger charge is -2.41. The monoisotopic (exact) mass is 438 g/mol. The normalized spacial score (nSPS) is 26.5. The molecule has 4 rings (SSSR count). The van der Waals surface area contributed by atoms with Gasteiger partial charge in [0.2, 0.25) is 0 Å². The van der Waals surface area contributed by atoms with Crippen molar-refractivity contribution in [2.24, 2.45) is 0 Å². The third-order valence-corrected chi connectivity index (χ3v) is 6.12. The summed E-state index contributed by atoms with van der Waals surface area (Å²) >= 11 is 4.19. The van der Waals surface area contributed by atoms with Gasteiger partial charge >= 0.3 is 0 Å². The van der Waals surface area contributed by atoms with Crippen LogP contribution in [0.3, 0.4) is 0 Å². The highest BCUT2D eigenvalue weighted by molar-refractivity contribution is 7.80. The van der Waals surface area contributed by atoms with Crippen LogP contribution >= 0.6 is 12.6 Å². The second-order valence-electron chi connectivity index (χ2n) is 7.63. The van der Waals surface area contributed by atoms with Crippen LogP contribution in [0.25, 0.3) is 0 Å². The topological polar surface area (TPSA) is 79.2 Å². The van der Waals surface area contributed by atoms with Crippen LogP contribution in [-0.4, -0.2) is 51.8 Å². The summed E-state index contributed by atoms with van der Waals surface area (Å²) in [6.07, 6.45) is -4.82. The van der Waals surface area contributed by atoms with Gasteiger partial charge in [-0.2, -0.15) is 0 Å². The lowest BCUT2D eigenvalue weighted by atomic mass is 9.80. The van der Waals surface area contributed by atoms with Crippen molar-refractivity contribution in [3.05, 3.63) is 108 Å². The molecule has 1 saturated heterocycles. The molecule has 0 aromatic heterocycles. The molecule has 0 unspecified atom stereocenters. The molecule has 0 radical (unpaired) electrons. The van der Waals surface area contributed by atoms with E-state index in [1.54, 1.807) is 0 Å². The van der Waals surface area contributed by atoms with Crippen LogP contribution in [0.4, 0.5) is 0 Å². The van der Waals surface area contributed by atoms with E-state index in [9.17, 15) is 15.3 Å². The minimum atomic E-state index is -1.37. The number of hydrogen-bond acceptors (Lipinski definition) is 6. The smallest absolute Gasteiger partial charge is 0.143 e. The number of benzene rings is 3. The molecule has 3 aromatic rings. The van der Waals surface area contributed by atoms with Gasteiger partial charge in [-0.25, -0.2) is 0 Å². The van der Waals surface area contributed by atoms with Crippen LogP contribution in [0.1, 0.15) is 16.7 Å². The maximum Gasteiger partial charge on any atom is 0.143 e. The van der Waals surface area contributed by atoms with Gasteiger partial charge in [0.1, 0.15) is 35.5 Å². The maximum absolute atomic E-state index is 10.5. The highest BCUT2D eigenvalue weighted by atomic mass is 32.1. The first kappa shape index (κ1) is 22.0. The minimum absolute atomic E-state index is 0.0271. The van der Waals surface area contributed by atoms with E-state index in [0.717, 1.165) is 16.7 Å². The largest absolute Gasteiger partial charge is 0.387 e. The number of thiol groups is 1.